The Morgan fingerprint density at radius 2 is 2.27 bits per heavy atom. The highest BCUT2D eigenvalue weighted by molar-refractivity contribution is 5.83. The summed E-state index contributed by atoms with van der Waals surface area (Å²) in [7, 11) is 1.57. The van der Waals surface area contributed by atoms with Gasteiger partial charge in [-0.25, -0.2) is 0 Å². The minimum Gasteiger partial charge on any atom is -0.425 e. The maximum absolute atomic E-state index is 12.2. The Morgan fingerprint density at radius 3 is 3.04 bits per heavy atom. The summed E-state index contributed by atoms with van der Waals surface area (Å²) in [5.74, 6) is 1.78. The normalized spacial score (nSPS) is 28.7. The largest absolute Gasteiger partial charge is 0.425 e. The number of nitrogens with one attached hydrogen (secondary N) is 2. The van der Waals surface area contributed by atoms with Crippen molar-refractivity contribution in [1.82, 2.24) is 25.7 Å². The van der Waals surface area contributed by atoms with Crippen LogP contribution in [-0.2, 0) is 20.7 Å². The van der Waals surface area contributed by atoms with E-state index in [0.29, 0.717) is 50.8 Å². The van der Waals surface area contributed by atoms with E-state index in [1.807, 2.05) is 0 Å². The van der Waals surface area contributed by atoms with Crippen LogP contribution in [0.25, 0.3) is 0 Å². The number of carbonyl (C=O) groups excluding carboxylic acids is 2. The molecule has 3 fully saturated rings. The second-order valence-electron chi connectivity index (χ2n) is 7.37. The van der Waals surface area contributed by atoms with Crippen molar-refractivity contribution < 1.29 is 18.7 Å². The van der Waals surface area contributed by atoms with Gasteiger partial charge in [-0.15, -0.1) is 10.2 Å². The van der Waals surface area contributed by atoms with Crippen LogP contribution in [0.3, 0.4) is 0 Å². The molecule has 26 heavy (non-hydrogen) atoms. The fourth-order valence-electron chi connectivity index (χ4n) is 3.81. The summed E-state index contributed by atoms with van der Waals surface area (Å²) >= 11 is 0. The molecule has 0 aromatic carbocycles. The van der Waals surface area contributed by atoms with Crippen molar-refractivity contribution in [2.75, 3.05) is 26.8 Å². The van der Waals surface area contributed by atoms with Crippen molar-refractivity contribution in [2.24, 2.45) is 0 Å². The molecule has 1 aromatic heterocycles. The van der Waals surface area contributed by atoms with Gasteiger partial charge in [0.25, 0.3) is 0 Å². The number of nitrogens with zero attached hydrogens (tertiary/aromatic N) is 3. The molecule has 4 rings (SSSR count). The summed E-state index contributed by atoms with van der Waals surface area (Å²) in [6, 6.07) is -0.140. The average molecular weight is 363 g/mol. The molecule has 0 spiro atoms. The van der Waals surface area contributed by atoms with Gasteiger partial charge in [0.1, 0.15) is 0 Å². The van der Waals surface area contributed by atoms with E-state index in [1.165, 1.54) is 0 Å². The lowest BCUT2D eigenvalue weighted by atomic mass is 10.1. The monoisotopic (exact) mass is 363 g/mol. The molecule has 2 saturated heterocycles. The zero-order valence-corrected chi connectivity index (χ0v) is 14.9. The molecule has 1 aromatic rings. The first kappa shape index (κ1) is 17.4. The first-order chi connectivity index (χ1) is 12.6. The third kappa shape index (κ3) is 3.73. The van der Waals surface area contributed by atoms with Crippen molar-refractivity contribution >= 4 is 11.8 Å². The topological polar surface area (TPSA) is 110 Å². The molecule has 2 N–H and O–H groups in total. The van der Waals surface area contributed by atoms with Crippen LogP contribution in [0, 0.1) is 0 Å². The minimum atomic E-state index is -0.215. The van der Waals surface area contributed by atoms with Gasteiger partial charge in [0.15, 0.2) is 0 Å². The molecule has 2 aliphatic heterocycles. The number of piperazine rings is 1. The number of rotatable bonds is 7. The molecule has 3 atom stereocenters. The Kier molecular flexibility index (Phi) is 4.90. The maximum Gasteiger partial charge on any atom is 0.237 e. The molecule has 2 amide bonds. The van der Waals surface area contributed by atoms with Crippen molar-refractivity contribution in [3.8, 4) is 0 Å². The van der Waals surface area contributed by atoms with Gasteiger partial charge in [-0.05, 0) is 19.3 Å². The highest BCUT2D eigenvalue weighted by atomic mass is 16.5. The Labute approximate surface area is 151 Å². The van der Waals surface area contributed by atoms with Gasteiger partial charge in [0.2, 0.25) is 23.6 Å². The number of hydrogen-bond donors (Lipinski definition) is 2. The first-order valence-corrected chi connectivity index (χ1v) is 9.28. The van der Waals surface area contributed by atoms with E-state index >= 15 is 0 Å². The van der Waals surface area contributed by atoms with E-state index in [2.05, 4.69) is 25.7 Å². The van der Waals surface area contributed by atoms with Gasteiger partial charge in [-0.2, -0.15) is 0 Å². The first-order valence-electron chi connectivity index (χ1n) is 9.28. The molecule has 9 nitrogen and oxygen atoms in total. The highest BCUT2D eigenvalue weighted by Crippen LogP contribution is 2.39. The molecule has 9 heteroatoms. The zero-order chi connectivity index (χ0) is 18.1. The summed E-state index contributed by atoms with van der Waals surface area (Å²) < 4.78 is 10.7. The molecular weight excluding hydrogens is 338 g/mol. The molecule has 142 valence electrons. The van der Waals surface area contributed by atoms with E-state index in [9.17, 15) is 9.59 Å². The number of hydrogen-bond acceptors (Lipinski definition) is 7. The fourth-order valence-corrected chi connectivity index (χ4v) is 3.81. The predicted molar refractivity (Wildman–Crippen MR) is 90.3 cm³/mol. The lowest BCUT2D eigenvalue weighted by molar-refractivity contribution is -0.129. The second-order valence-corrected chi connectivity index (χ2v) is 7.37. The van der Waals surface area contributed by atoms with Crippen LogP contribution < -0.4 is 10.6 Å². The summed E-state index contributed by atoms with van der Waals surface area (Å²) in [6.07, 6.45) is 3.82. The van der Waals surface area contributed by atoms with Crippen LogP contribution in [-0.4, -0.2) is 71.8 Å². The number of aromatic nitrogens is 2. The Balaban J connectivity index is 1.37. The molecule has 0 unspecified atom stereocenters. The predicted octanol–water partition coefficient (Wildman–Crippen LogP) is -0.416. The molecular formula is C17H25N5O4. The third-order valence-electron chi connectivity index (χ3n) is 5.34. The Bertz CT molecular complexity index is 674. The lowest BCUT2D eigenvalue weighted by Gasteiger charge is -2.36. The van der Waals surface area contributed by atoms with Crippen LogP contribution in [0.5, 0.6) is 0 Å². The van der Waals surface area contributed by atoms with Gasteiger partial charge in [0, 0.05) is 51.0 Å². The molecule has 0 bridgehead atoms. The summed E-state index contributed by atoms with van der Waals surface area (Å²) in [5, 5.41) is 14.3. The quantitative estimate of drug-likeness (QED) is 0.677. The number of fused-ring (bicyclic) bond motifs is 1. The molecule has 1 aliphatic carbocycles. The van der Waals surface area contributed by atoms with E-state index in [0.717, 1.165) is 18.7 Å². The van der Waals surface area contributed by atoms with Crippen LogP contribution in [0.4, 0.5) is 0 Å². The summed E-state index contributed by atoms with van der Waals surface area (Å²) in [6.45, 7) is 1.61. The van der Waals surface area contributed by atoms with Crippen LogP contribution >= 0.6 is 0 Å². The summed E-state index contributed by atoms with van der Waals surface area (Å²) in [4.78, 5) is 26.4. The molecule has 3 heterocycles. The van der Waals surface area contributed by atoms with Crippen molar-refractivity contribution in [1.29, 1.82) is 0 Å². The molecule has 1 saturated carbocycles. The zero-order valence-electron chi connectivity index (χ0n) is 14.9. The highest BCUT2D eigenvalue weighted by Gasteiger charge is 2.44. The Morgan fingerprint density at radius 1 is 1.42 bits per heavy atom. The lowest BCUT2D eigenvalue weighted by Crippen LogP contribution is -2.58. The SMILES string of the molecule is COCCC(=O)N[C@H]1C[C@H]2C(=O)NC[C@@H](Cc3nnc(C4CC4)o3)N2C1. The van der Waals surface area contributed by atoms with Crippen LogP contribution in [0.15, 0.2) is 4.42 Å². The molecule has 0 radical (unpaired) electrons. The van der Waals surface area contributed by atoms with E-state index in [4.69, 9.17) is 9.15 Å². The second kappa shape index (κ2) is 7.32. The van der Waals surface area contributed by atoms with Gasteiger partial charge >= 0.3 is 0 Å². The number of carbonyl (C=O) groups is 2. The number of ether oxygens (including phenoxy) is 1. The van der Waals surface area contributed by atoms with Gasteiger partial charge < -0.3 is 19.8 Å². The smallest absolute Gasteiger partial charge is 0.237 e. The van der Waals surface area contributed by atoms with Crippen molar-refractivity contribution in [3.05, 3.63) is 11.8 Å². The molecule has 3 aliphatic rings. The van der Waals surface area contributed by atoms with Crippen molar-refractivity contribution in [3.63, 3.8) is 0 Å². The van der Waals surface area contributed by atoms with Crippen LogP contribution in [0.2, 0.25) is 0 Å². The van der Waals surface area contributed by atoms with Crippen LogP contribution in [0.1, 0.15) is 43.4 Å². The van der Waals surface area contributed by atoms with Gasteiger partial charge in [-0.1, -0.05) is 0 Å². The minimum absolute atomic E-state index is 0.0269. The summed E-state index contributed by atoms with van der Waals surface area (Å²) in [5.41, 5.74) is 0. The fraction of sp³-hybridized carbons (Fsp3) is 0.765. The van der Waals surface area contributed by atoms with Crippen molar-refractivity contribution in [2.45, 2.75) is 56.1 Å². The third-order valence-corrected chi connectivity index (χ3v) is 5.34. The standard InChI is InChI=1S/C17H25N5O4/c1-25-5-4-14(23)19-11-6-13-16(24)18-8-12(22(13)9-11)7-15-20-21-17(26-15)10-2-3-10/h10-13H,2-9H2,1H3,(H,18,24)(H,19,23)/t11-,12+,13-/m0/s1. The Hall–Kier alpha value is -2.00. The van der Waals surface area contributed by atoms with E-state index in [-0.39, 0.29) is 29.9 Å². The van der Waals surface area contributed by atoms with E-state index in [1.54, 1.807) is 7.11 Å². The average Bonchev–Trinajstić information content (AvgIpc) is 3.22. The van der Waals surface area contributed by atoms with Gasteiger partial charge in [0.05, 0.1) is 12.6 Å². The van der Waals surface area contributed by atoms with Gasteiger partial charge in [-0.3, -0.25) is 14.5 Å². The van der Waals surface area contributed by atoms with E-state index < -0.39 is 0 Å². The number of methoxy groups -OCH3 is 1. The number of amides is 2. The maximum atomic E-state index is 12.2.